The molecule has 0 atom stereocenters. The van der Waals surface area contributed by atoms with E-state index in [0.29, 0.717) is 11.1 Å². The van der Waals surface area contributed by atoms with E-state index in [0.717, 1.165) is 12.0 Å². The van der Waals surface area contributed by atoms with Crippen LogP contribution in [0.25, 0.3) is 0 Å². The van der Waals surface area contributed by atoms with Crippen LogP contribution in [0.2, 0.25) is 0 Å². The van der Waals surface area contributed by atoms with Crippen molar-refractivity contribution in [1.29, 1.82) is 0 Å². The maximum Gasteiger partial charge on any atom is 0.283 e. The SMILES string of the molecule is CCC(C)(C)OCc1ccc(Br)c([N+](=O)[O-])c1. The molecule has 5 heteroatoms. The van der Waals surface area contributed by atoms with Gasteiger partial charge in [0.05, 0.1) is 21.6 Å². The summed E-state index contributed by atoms with van der Waals surface area (Å²) in [5.74, 6) is 0. The Balaban J connectivity index is 2.80. The van der Waals surface area contributed by atoms with Crippen LogP contribution in [-0.2, 0) is 11.3 Å². The first-order valence-corrected chi connectivity index (χ1v) is 6.22. The van der Waals surface area contributed by atoms with Crippen molar-refractivity contribution in [3.05, 3.63) is 38.3 Å². The second-order valence-corrected chi connectivity index (χ2v) is 5.30. The van der Waals surface area contributed by atoms with Gasteiger partial charge >= 0.3 is 0 Å². The molecular formula is C12H16BrNO3. The molecule has 0 saturated carbocycles. The minimum absolute atomic E-state index is 0.0698. The van der Waals surface area contributed by atoms with E-state index in [1.165, 1.54) is 6.07 Å². The Bertz CT molecular complexity index is 418. The Kier molecular flexibility index (Phi) is 4.65. The molecule has 0 radical (unpaired) electrons. The van der Waals surface area contributed by atoms with E-state index in [2.05, 4.69) is 15.9 Å². The van der Waals surface area contributed by atoms with E-state index in [9.17, 15) is 10.1 Å². The van der Waals surface area contributed by atoms with Gasteiger partial charge < -0.3 is 4.74 Å². The van der Waals surface area contributed by atoms with Crippen LogP contribution in [0.4, 0.5) is 5.69 Å². The lowest BCUT2D eigenvalue weighted by atomic mass is 10.1. The average molecular weight is 302 g/mol. The van der Waals surface area contributed by atoms with Crippen LogP contribution in [0, 0.1) is 10.1 Å². The minimum atomic E-state index is -0.404. The summed E-state index contributed by atoms with van der Waals surface area (Å²) in [7, 11) is 0. The summed E-state index contributed by atoms with van der Waals surface area (Å²) in [6, 6.07) is 5.04. The second kappa shape index (κ2) is 5.60. The fourth-order valence-corrected chi connectivity index (χ4v) is 1.56. The first kappa shape index (κ1) is 14.1. The van der Waals surface area contributed by atoms with E-state index < -0.39 is 4.92 Å². The smallest absolute Gasteiger partial charge is 0.283 e. The third kappa shape index (κ3) is 4.09. The molecule has 0 saturated heterocycles. The number of nitrogens with zero attached hydrogens (tertiary/aromatic N) is 1. The third-order valence-corrected chi connectivity index (χ3v) is 3.36. The number of ether oxygens (including phenoxy) is 1. The molecule has 0 aliphatic rings. The van der Waals surface area contributed by atoms with Crippen molar-refractivity contribution in [2.24, 2.45) is 0 Å². The largest absolute Gasteiger partial charge is 0.371 e. The summed E-state index contributed by atoms with van der Waals surface area (Å²) in [5.41, 5.74) is 0.670. The highest BCUT2D eigenvalue weighted by Crippen LogP contribution is 2.26. The average Bonchev–Trinajstić information content (AvgIpc) is 2.27. The maximum absolute atomic E-state index is 10.8. The topological polar surface area (TPSA) is 52.4 Å². The molecule has 94 valence electrons. The molecular weight excluding hydrogens is 286 g/mol. The molecule has 0 heterocycles. The molecule has 0 unspecified atom stereocenters. The van der Waals surface area contributed by atoms with Gasteiger partial charge in [0, 0.05) is 6.07 Å². The van der Waals surface area contributed by atoms with Gasteiger partial charge in [0.15, 0.2) is 0 Å². The molecule has 1 rings (SSSR count). The third-order valence-electron chi connectivity index (χ3n) is 2.69. The summed E-state index contributed by atoms with van der Waals surface area (Å²) in [5, 5.41) is 10.8. The van der Waals surface area contributed by atoms with Crippen LogP contribution >= 0.6 is 15.9 Å². The van der Waals surface area contributed by atoms with Crippen LogP contribution in [0.5, 0.6) is 0 Å². The molecule has 0 aliphatic carbocycles. The number of halogens is 1. The number of benzene rings is 1. The van der Waals surface area contributed by atoms with E-state index in [-0.39, 0.29) is 11.3 Å². The van der Waals surface area contributed by atoms with E-state index in [4.69, 9.17) is 4.74 Å². The molecule has 1 aromatic rings. The summed E-state index contributed by atoms with van der Waals surface area (Å²) in [6.45, 7) is 6.43. The lowest BCUT2D eigenvalue weighted by Gasteiger charge is -2.23. The quantitative estimate of drug-likeness (QED) is 0.608. The minimum Gasteiger partial charge on any atom is -0.371 e. The van der Waals surface area contributed by atoms with Gasteiger partial charge in [-0.25, -0.2) is 0 Å². The molecule has 17 heavy (non-hydrogen) atoms. The summed E-state index contributed by atoms with van der Waals surface area (Å²) in [4.78, 5) is 10.4. The van der Waals surface area contributed by atoms with Crippen molar-refractivity contribution in [2.45, 2.75) is 39.4 Å². The van der Waals surface area contributed by atoms with Crippen molar-refractivity contribution in [3.63, 3.8) is 0 Å². The van der Waals surface area contributed by atoms with E-state index in [1.54, 1.807) is 6.07 Å². The zero-order valence-corrected chi connectivity index (χ0v) is 11.8. The van der Waals surface area contributed by atoms with Crippen molar-refractivity contribution < 1.29 is 9.66 Å². The lowest BCUT2D eigenvalue weighted by Crippen LogP contribution is -2.22. The number of hydrogen-bond acceptors (Lipinski definition) is 3. The van der Waals surface area contributed by atoms with Gasteiger partial charge in [-0.15, -0.1) is 0 Å². The predicted molar refractivity (Wildman–Crippen MR) is 70.0 cm³/mol. The standard InChI is InChI=1S/C12H16BrNO3/c1-4-12(2,3)17-8-9-5-6-10(13)11(7-9)14(15)16/h5-7H,4,8H2,1-3H3. The van der Waals surface area contributed by atoms with Gasteiger partial charge in [-0.2, -0.15) is 0 Å². The molecule has 0 amide bonds. The number of nitro benzene ring substituents is 1. The molecule has 1 aromatic carbocycles. The monoisotopic (exact) mass is 301 g/mol. The fraction of sp³-hybridized carbons (Fsp3) is 0.500. The van der Waals surface area contributed by atoms with Crippen molar-refractivity contribution >= 4 is 21.6 Å². The second-order valence-electron chi connectivity index (χ2n) is 4.44. The van der Waals surface area contributed by atoms with E-state index >= 15 is 0 Å². The van der Waals surface area contributed by atoms with Gasteiger partial charge in [0.2, 0.25) is 0 Å². The van der Waals surface area contributed by atoms with Crippen LogP contribution < -0.4 is 0 Å². The normalized spacial score (nSPS) is 11.5. The summed E-state index contributed by atoms with van der Waals surface area (Å²) < 4.78 is 6.19. The zero-order chi connectivity index (χ0) is 13.1. The Morgan fingerprint density at radius 2 is 2.12 bits per heavy atom. The summed E-state index contributed by atoms with van der Waals surface area (Å²) in [6.07, 6.45) is 0.894. The van der Waals surface area contributed by atoms with Crippen molar-refractivity contribution in [2.75, 3.05) is 0 Å². The highest BCUT2D eigenvalue weighted by atomic mass is 79.9. The van der Waals surface area contributed by atoms with Gasteiger partial charge in [-0.1, -0.05) is 13.0 Å². The van der Waals surface area contributed by atoms with Crippen LogP contribution in [0.3, 0.4) is 0 Å². The number of rotatable bonds is 5. The first-order valence-electron chi connectivity index (χ1n) is 5.42. The fourth-order valence-electron chi connectivity index (χ4n) is 1.17. The van der Waals surface area contributed by atoms with E-state index in [1.807, 2.05) is 26.8 Å². The van der Waals surface area contributed by atoms with Gasteiger partial charge in [-0.05, 0) is 47.8 Å². The highest BCUT2D eigenvalue weighted by molar-refractivity contribution is 9.10. The van der Waals surface area contributed by atoms with Crippen molar-refractivity contribution in [3.8, 4) is 0 Å². The van der Waals surface area contributed by atoms with Crippen LogP contribution in [0.15, 0.2) is 22.7 Å². The van der Waals surface area contributed by atoms with Gasteiger partial charge in [-0.3, -0.25) is 10.1 Å². The Labute approximate surface area is 109 Å². The Morgan fingerprint density at radius 3 is 2.65 bits per heavy atom. The molecule has 0 spiro atoms. The van der Waals surface area contributed by atoms with Crippen LogP contribution in [-0.4, -0.2) is 10.5 Å². The molecule has 0 bridgehead atoms. The van der Waals surface area contributed by atoms with Gasteiger partial charge in [0.25, 0.3) is 5.69 Å². The maximum atomic E-state index is 10.8. The molecule has 0 N–H and O–H groups in total. The highest BCUT2D eigenvalue weighted by Gasteiger charge is 2.17. The van der Waals surface area contributed by atoms with Crippen molar-refractivity contribution in [1.82, 2.24) is 0 Å². The zero-order valence-electron chi connectivity index (χ0n) is 10.2. The number of hydrogen-bond donors (Lipinski definition) is 0. The summed E-state index contributed by atoms with van der Waals surface area (Å²) >= 11 is 3.15. The number of nitro groups is 1. The molecule has 0 aliphatic heterocycles. The van der Waals surface area contributed by atoms with Gasteiger partial charge in [0.1, 0.15) is 0 Å². The predicted octanol–water partition coefficient (Wildman–Crippen LogP) is 4.06. The lowest BCUT2D eigenvalue weighted by molar-refractivity contribution is -0.385. The Hall–Kier alpha value is -0.940. The first-order chi connectivity index (χ1) is 7.85. The molecule has 0 aromatic heterocycles. The molecule has 4 nitrogen and oxygen atoms in total. The molecule has 0 fully saturated rings. The van der Waals surface area contributed by atoms with Crippen LogP contribution in [0.1, 0.15) is 32.8 Å². The Morgan fingerprint density at radius 1 is 1.47 bits per heavy atom.